The zero-order valence-corrected chi connectivity index (χ0v) is 17.8. The molecular formula is C26H31N3O. The minimum Gasteiger partial charge on any atom is -0.424 e. The largest absolute Gasteiger partial charge is 0.424 e. The van der Waals surface area contributed by atoms with Gasteiger partial charge in [0, 0.05) is 20.0 Å². The SMILES string of the molecule is Cc1nnc(C(CCN2CC3CCCCC3C2)(c2ccccc2)c2ccccc2)o1. The highest BCUT2D eigenvalue weighted by molar-refractivity contribution is 5.45. The van der Waals surface area contributed by atoms with E-state index in [4.69, 9.17) is 4.42 Å². The van der Waals surface area contributed by atoms with E-state index in [1.54, 1.807) is 0 Å². The number of rotatable bonds is 6. The third kappa shape index (κ3) is 3.58. The van der Waals surface area contributed by atoms with Crippen molar-refractivity contribution in [1.82, 2.24) is 15.1 Å². The quantitative estimate of drug-likeness (QED) is 0.568. The molecule has 0 amide bonds. The second-order valence-electron chi connectivity index (χ2n) is 9.08. The van der Waals surface area contributed by atoms with Gasteiger partial charge in [-0.25, -0.2) is 0 Å². The van der Waals surface area contributed by atoms with E-state index in [1.807, 2.05) is 6.92 Å². The van der Waals surface area contributed by atoms with Gasteiger partial charge in [-0.2, -0.15) is 0 Å². The first kappa shape index (κ1) is 19.5. The Morgan fingerprint density at radius 3 is 1.93 bits per heavy atom. The van der Waals surface area contributed by atoms with Gasteiger partial charge in [0.1, 0.15) is 0 Å². The average Bonchev–Trinajstić information content (AvgIpc) is 3.42. The molecule has 0 spiro atoms. The molecule has 2 atom stereocenters. The van der Waals surface area contributed by atoms with Crippen molar-refractivity contribution >= 4 is 0 Å². The Balaban J connectivity index is 1.52. The summed E-state index contributed by atoms with van der Waals surface area (Å²) in [7, 11) is 0. The predicted octanol–water partition coefficient (Wildman–Crippen LogP) is 5.22. The summed E-state index contributed by atoms with van der Waals surface area (Å²) in [5.41, 5.74) is 2.00. The maximum absolute atomic E-state index is 6.13. The Bertz CT molecular complexity index is 899. The molecule has 30 heavy (non-hydrogen) atoms. The summed E-state index contributed by atoms with van der Waals surface area (Å²) in [6.45, 7) is 5.40. The van der Waals surface area contributed by atoms with Crippen LogP contribution in [0.5, 0.6) is 0 Å². The van der Waals surface area contributed by atoms with E-state index in [1.165, 1.54) is 49.9 Å². The van der Waals surface area contributed by atoms with Crippen molar-refractivity contribution < 1.29 is 4.42 Å². The molecule has 3 aromatic rings. The number of likely N-dealkylation sites (tertiary alicyclic amines) is 1. The molecule has 1 aromatic heterocycles. The number of nitrogens with zero attached hydrogens (tertiary/aromatic N) is 3. The minimum absolute atomic E-state index is 0.433. The molecule has 1 aliphatic heterocycles. The molecular weight excluding hydrogens is 370 g/mol. The molecule has 2 aliphatic rings. The van der Waals surface area contributed by atoms with E-state index in [2.05, 4.69) is 75.8 Å². The fraction of sp³-hybridized carbons (Fsp3) is 0.462. The van der Waals surface area contributed by atoms with Crippen LogP contribution in [-0.2, 0) is 5.41 Å². The number of hydrogen-bond donors (Lipinski definition) is 0. The van der Waals surface area contributed by atoms with Gasteiger partial charge < -0.3 is 9.32 Å². The van der Waals surface area contributed by atoms with Crippen LogP contribution in [0.4, 0.5) is 0 Å². The molecule has 2 heterocycles. The second kappa shape index (κ2) is 8.35. The van der Waals surface area contributed by atoms with Crippen LogP contribution in [0.1, 0.15) is 55.0 Å². The van der Waals surface area contributed by atoms with Crippen molar-refractivity contribution in [3.05, 3.63) is 83.6 Å². The molecule has 4 heteroatoms. The first-order valence-electron chi connectivity index (χ1n) is 11.4. The van der Waals surface area contributed by atoms with Crippen LogP contribution in [0.25, 0.3) is 0 Å². The third-order valence-corrected chi connectivity index (χ3v) is 7.28. The smallest absolute Gasteiger partial charge is 0.231 e. The molecule has 2 fully saturated rings. The van der Waals surface area contributed by atoms with Gasteiger partial charge in [-0.1, -0.05) is 73.5 Å². The maximum atomic E-state index is 6.13. The monoisotopic (exact) mass is 401 g/mol. The lowest BCUT2D eigenvalue weighted by atomic mass is 9.71. The molecule has 156 valence electrons. The standard InChI is InChI=1S/C26H31N3O/c1-20-27-28-25(30-20)26(23-12-4-2-5-13-23,24-14-6-3-7-15-24)16-17-29-18-21-10-8-9-11-22(21)19-29/h2-7,12-15,21-22H,8-11,16-19H2,1H3. The first-order valence-corrected chi connectivity index (χ1v) is 11.4. The molecule has 1 saturated heterocycles. The van der Waals surface area contributed by atoms with E-state index >= 15 is 0 Å². The Kier molecular flexibility index (Phi) is 5.43. The van der Waals surface area contributed by atoms with Crippen LogP contribution in [0.15, 0.2) is 65.1 Å². The van der Waals surface area contributed by atoms with Crippen molar-refractivity contribution in [1.29, 1.82) is 0 Å². The summed E-state index contributed by atoms with van der Waals surface area (Å²) in [6, 6.07) is 21.4. The van der Waals surface area contributed by atoms with Gasteiger partial charge in [0.15, 0.2) is 0 Å². The molecule has 4 nitrogen and oxygen atoms in total. The van der Waals surface area contributed by atoms with Crippen LogP contribution in [0.3, 0.4) is 0 Å². The summed E-state index contributed by atoms with van der Waals surface area (Å²) in [5.74, 6) is 3.11. The van der Waals surface area contributed by atoms with E-state index in [0.29, 0.717) is 11.8 Å². The lowest BCUT2D eigenvalue weighted by Crippen LogP contribution is -2.35. The van der Waals surface area contributed by atoms with Gasteiger partial charge in [0.2, 0.25) is 11.8 Å². The molecule has 1 saturated carbocycles. The van der Waals surface area contributed by atoms with Gasteiger partial charge in [0.25, 0.3) is 0 Å². The number of hydrogen-bond acceptors (Lipinski definition) is 4. The van der Waals surface area contributed by atoms with Crippen molar-refractivity contribution in [2.24, 2.45) is 11.8 Å². The molecule has 0 N–H and O–H groups in total. The number of aryl methyl sites for hydroxylation is 1. The maximum Gasteiger partial charge on any atom is 0.231 e. The molecule has 2 aromatic carbocycles. The highest BCUT2D eigenvalue weighted by Crippen LogP contribution is 2.43. The zero-order chi connectivity index (χ0) is 20.4. The number of fused-ring (bicyclic) bond motifs is 1. The predicted molar refractivity (Wildman–Crippen MR) is 118 cm³/mol. The Morgan fingerprint density at radius 1 is 0.867 bits per heavy atom. The van der Waals surface area contributed by atoms with Gasteiger partial charge >= 0.3 is 0 Å². The Hall–Kier alpha value is -2.46. The van der Waals surface area contributed by atoms with Gasteiger partial charge in [-0.05, 0) is 48.8 Å². The van der Waals surface area contributed by atoms with E-state index < -0.39 is 5.41 Å². The van der Waals surface area contributed by atoms with Crippen LogP contribution in [0.2, 0.25) is 0 Å². The lowest BCUT2D eigenvalue weighted by molar-refractivity contribution is 0.279. The van der Waals surface area contributed by atoms with Crippen molar-refractivity contribution in [2.75, 3.05) is 19.6 Å². The first-order chi connectivity index (χ1) is 14.8. The fourth-order valence-electron chi connectivity index (χ4n) is 5.73. The molecule has 5 rings (SSSR count). The summed E-state index contributed by atoms with van der Waals surface area (Å²) in [6.07, 6.45) is 6.57. The second-order valence-corrected chi connectivity index (χ2v) is 9.08. The molecule has 2 unspecified atom stereocenters. The van der Waals surface area contributed by atoms with E-state index in [0.717, 1.165) is 24.8 Å². The van der Waals surface area contributed by atoms with Crippen molar-refractivity contribution in [3.63, 3.8) is 0 Å². The summed E-state index contributed by atoms with van der Waals surface area (Å²) >= 11 is 0. The number of aromatic nitrogens is 2. The fourth-order valence-corrected chi connectivity index (χ4v) is 5.73. The van der Waals surface area contributed by atoms with Crippen LogP contribution < -0.4 is 0 Å². The van der Waals surface area contributed by atoms with Crippen LogP contribution in [-0.4, -0.2) is 34.7 Å². The Labute approximate surface area is 179 Å². The highest BCUT2D eigenvalue weighted by Gasteiger charge is 2.43. The minimum atomic E-state index is -0.433. The van der Waals surface area contributed by atoms with Crippen molar-refractivity contribution in [2.45, 2.75) is 44.4 Å². The van der Waals surface area contributed by atoms with Crippen molar-refractivity contribution in [3.8, 4) is 0 Å². The summed E-state index contributed by atoms with van der Waals surface area (Å²) < 4.78 is 6.13. The average molecular weight is 402 g/mol. The van der Waals surface area contributed by atoms with Crippen LogP contribution in [0, 0.1) is 18.8 Å². The number of benzene rings is 2. The lowest BCUT2D eigenvalue weighted by Gasteiger charge is -2.33. The normalized spacial score (nSPS) is 22.2. The zero-order valence-electron chi connectivity index (χ0n) is 17.8. The summed E-state index contributed by atoms with van der Waals surface area (Å²) in [5, 5.41) is 8.77. The Morgan fingerprint density at radius 2 is 1.43 bits per heavy atom. The molecule has 0 radical (unpaired) electrons. The van der Waals surface area contributed by atoms with E-state index in [-0.39, 0.29) is 0 Å². The highest BCUT2D eigenvalue weighted by atomic mass is 16.4. The van der Waals surface area contributed by atoms with Gasteiger partial charge in [-0.3, -0.25) is 0 Å². The van der Waals surface area contributed by atoms with E-state index in [9.17, 15) is 0 Å². The topological polar surface area (TPSA) is 42.2 Å². The molecule has 1 aliphatic carbocycles. The van der Waals surface area contributed by atoms with Crippen LogP contribution >= 0.6 is 0 Å². The summed E-state index contributed by atoms with van der Waals surface area (Å²) in [4.78, 5) is 2.69. The third-order valence-electron chi connectivity index (χ3n) is 7.28. The van der Waals surface area contributed by atoms with Gasteiger partial charge in [0.05, 0.1) is 5.41 Å². The van der Waals surface area contributed by atoms with Gasteiger partial charge in [-0.15, -0.1) is 10.2 Å². The molecule has 0 bridgehead atoms.